The van der Waals surface area contributed by atoms with E-state index < -0.39 is 23.8 Å². The number of esters is 1. The highest BCUT2D eigenvalue weighted by Gasteiger charge is 2.34. The largest absolute Gasteiger partial charge is 0.481 e. The average molecular weight is 450 g/mol. The first kappa shape index (κ1) is 22.9. The number of tetrazole rings is 1. The fraction of sp³-hybridized carbons (Fsp3) is 0.450. The third kappa shape index (κ3) is 5.67. The summed E-state index contributed by atoms with van der Waals surface area (Å²) in [5.41, 5.74) is 1.12. The van der Waals surface area contributed by atoms with Crippen LogP contribution in [0, 0.1) is 5.82 Å². The van der Waals surface area contributed by atoms with Crippen molar-refractivity contribution in [1.82, 2.24) is 25.1 Å². The molecule has 0 aliphatic carbocycles. The summed E-state index contributed by atoms with van der Waals surface area (Å²) in [5.74, 6) is -1.42. The van der Waals surface area contributed by atoms with Crippen molar-refractivity contribution in [1.29, 1.82) is 0 Å². The lowest BCUT2D eigenvalue weighted by atomic mass is 9.97. The second kappa shape index (κ2) is 10.5. The molecule has 166 valence electrons. The van der Waals surface area contributed by atoms with Gasteiger partial charge in [0.25, 0.3) is 0 Å². The molecule has 0 spiro atoms. The Morgan fingerprint density at radius 2 is 2.19 bits per heavy atom. The average Bonchev–Trinajstić information content (AvgIpc) is 3.18. The van der Waals surface area contributed by atoms with Crippen LogP contribution in [0.1, 0.15) is 36.7 Å². The van der Waals surface area contributed by atoms with E-state index in [-0.39, 0.29) is 17.2 Å². The van der Waals surface area contributed by atoms with E-state index in [4.69, 9.17) is 9.84 Å². The van der Waals surface area contributed by atoms with Crippen molar-refractivity contribution >= 4 is 30.6 Å². The number of carboxylic acid groups (broad SMARTS) is 1. The molecule has 9 nitrogen and oxygen atoms in total. The predicted octanol–water partition coefficient (Wildman–Crippen LogP) is 1.98. The van der Waals surface area contributed by atoms with Crippen LogP contribution in [0.3, 0.4) is 0 Å². The van der Waals surface area contributed by atoms with Crippen LogP contribution in [0.15, 0.2) is 29.8 Å². The van der Waals surface area contributed by atoms with Gasteiger partial charge in [0.05, 0.1) is 7.11 Å². The number of piperidine rings is 1. The van der Waals surface area contributed by atoms with E-state index in [9.17, 15) is 14.0 Å². The number of aromatic nitrogens is 4. The second-order valence-electron chi connectivity index (χ2n) is 7.20. The Hall–Kier alpha value is -2.79. The number of likely N-dealkylation sites (tertiary alicyclic amines) is 1. The lowest BCUT2D eigenvalue weighted by molar-refractivity contribution is -0.147. The highest BCUT2D eigenvalue weighted by atomic mass is 32.1. The SMILES string of the molecule is COC(=O)C(c1ccccc1F)N1CCC(S)/C(=C/c2nnnn2CCCC(=O)O)C1. The maximum Gasteiger partial charge on any atom is 0.327 e. The summed E-state index contributed by atoms with van der Waals surface area (Å²) in [5, 5.41) is 20.3. The number of carboxylic acids is 1. The first-order chi connectivity index (χ1) is 14.9. The topological polar surface area (TPSA) is 110 Å². The van der Waals surface area contributed by atoms with Gasteiger partial charge in [0.2, 0.25) is 0 Å². The van der Waals surface area contributed by atoms with Crippen molar-refractivity contribution in [2.75, 3.05) is 20.2 Å². The molecule has 2 atom stereocenters. The summed E-state index contributed by atoms with van der Waals surface area (Å²) in [4.78, 5) is 25.1. The zero-order valence-electron chi connectivity index (χ0n) is 17.0. The molecule has 2 aromatic rings. The van der Waals surface area contributed by atoms with Crippen molar-refractivity contribution in [2.24, 2.45) is 0 Å². The number of hydrogen-bond acceptors (Lipinski definition) is 8. The molecule has 3 rings (SSSR count). The molecule has 1 aromatic carbocycles. The number of benzene rings is 1. The number of halogens is 1. The van der Waals surface area contributed by atoms with Crippen LogP contribution in [-0.2, 0) is 20.9 Å². The molecule has 1 aliphatic heterocycles. The van der Waals surface area contributed by atoms with Gasteiger partial charge < -0.3 is 9.84 Å². The molecule has 0 bridgehead atoms. The maximum atomic E-state index is 14.5. The first-order valence-corrected chi connectivity index (χ1v) is 10.3. The molecule has 1 N–H and O–H groups in total. The molecule has 1 fully saturated rings. The smallest absolute Gasteiger partial charge is 0.327 e. The van der Waals surface area contributed by atoms with Gasteiger partial charge in [0.15, 0.2) is 5.82 Å². The number of methoxy groups -OCH3 is 1. The van der Waals surface area contributed by atoms with Crippen molar-refractivity contribution in [3.63, 3.8) is 0 Å². The number of nitrogens with zero attached hydrogens (tertiary/aromatic N) is 5. The molecule has 0 radical (unpaired) electrons. The normalized spacial score (nSPS) is 19.3. The van der Waals surface area contributed by atoms with Crippen molar-refractivity contribution in [2.45, 2.75) is 37.1 Å². The molecular weight excluding hydrogens is 425 g/mol. The van der Waals surface area contributed by atoms with Gasteiger partial charge >= 0.3 is 11.9 Å². The number of thiol groups is 1. The van der Waals surface area contributed by atoms with Gasteiger partial charge in [-0.3, -0.25) is 9.69 Å². The summed E-state index contributed by atoms with van der Waals surface area (Å²) in [7, 11) is 1.28. The Labute approximate surface area is 184 Å². The summed E-state index contributed by atoms with van der Waals surface area (Å²) in [6.07, 6.45) is 2.84. The summed E-state index contributed by atoms with van der Waals surface area (Å²) < 4.78 is 20.9. The predicted molar refractivity (Wildman–Crippen MR) is 113 cm³/mol. The molecule has 1 saturated heterocycles. The molecule has 2 unspecified atom stereocenters. The molecule has 11 heteroatoms. The van der Waals surface area contributed by atoms with E-state index in [0.717, 1.165) is 5.57 Å². The van der Waals surface area contributed by atoms with Crippen molar-refractivity contribution in [3.05, 3.63) is 47.0 Å². The summed E-state index contributed by atoms with van der Waals surface area (Å²) >= 11 is 4.65. The quantitative estimate of drug-likeness (QED) is 0.465. The Bertz CT molecular complexity index is 967. The lowest BCUT2D eigenvalue weighted by Gasteiger charge is -2.36. The molecule has 31 heavy (non-hydrogen) atoms. The first-order valence-electron chi connectivity index (χ1n) is 9.83. The third-order valence-corrected chi connectivity index (χ3v) is 5.72. The van der Waals surface area contributed by atoms with Crippen LogP contribution >= 0.6 is 12.6 Å². The summed E-state index contributed by atoms with van der Waals surface area (Å²) in [6, 6.07) is 5.26. The Balaban J connectivity index is 1.84. The maximum absolute atomic E-state index is 14.5. The Kier molecular flexibility index (Phi) is 7.75. The minimum atomic E-state index is -0.887. The van der Waals surface area contributed by atoms with Gasteiger partial charge in [-0.2, -0.15) is 12.6 Å². The minimum Gasteiger partial charge on any atom is -0.481 e. The van der Waals surface area contributed by atoms with Crippen LogP contribution in [-0.4, -0.2) is 67.6 Å². The highest BCUT2D eigenvalue weighted by Crippen LogP contribution is 2.31. The third-order valence-electron chi connectivity index (χ3n) is 5.13. The van der Waals surface area contributed by atoms with E-state index in [0.29, 0.717) is 38.3 Å². The number of carbonyl (C=O) groups is 2. The second-order valence-corrected chi connectivity index (χ2v) is 7.82. The number of carbonyl (C=O) groups excluding carboxylic acids is 1. The van der Waals surface area contributed by atoms with Crippen LogP contribution in [0.25, 0.3) is 6.08 Å². The number of aliphatic carboxylic acids is 1. The highest BCUT2D eigenvalue weighted by molar-refractivity contribution is 7.81. The van der Waals surface area contributed by atoms with Gasteiger partial charge in [-0.15, -0.1) is 5.10 Å². The Morgan fingerprint density at radius 1 is 1.42 bits per heavy atom. The fourth-order valence-electron chi connectivity index (χ4n) is 3.56. The van der Waals surface area contributed by atoms with Gasteiger partial charge in [-0.1, -0.05) is 18.2 Å². The zero-order chi connectivity index (χ0) is 22.4. The Morgan fingerprint density at radius 3 is 2.90 bits per heavy atom. The van der Waals surface area contributed by atoms with E-state index in [1.807, 2.05) is 4.90 Å². The molecule has 2 heterocycles. The standard InChI is InChI=1S/C20H24FN5O4S/c1-30-20(29)19(14-5-2-3-6-15(14)21)25-10-8-16(31)13(12-25)11-17-22-23-24-26(17)9-4-7-18(27)28/h2-3,5-6,11,16,19,31H,4,7-10,12H2,1H3,(H,27,28)/b13-11+. The van der Waals surface area contributed by atoms with Crippen molar-refractivity contribution in [3.8, 4) is 0 Å². The number of aryl methyl sites for hydroxylation is 1. The van der Waals surface area contributed by atoms with Gasteiger partial charge in [-0.05, 0) is 41.0 Å². The van der Waals surface area contributed by atoms with Crippen LogP contribution in [0.4, 0.5) is 4.39 Å². The fourth-order valence-corrected chi connectivity index (χ4v) is 3.83. The van der Waals surface area contributed by atoms with E-state index in [1.54, 1.807) is 24.3 Å². The van der Waals surface area contributed by atoms with E-state index in [1.165, 1.54) is 17.9 Å². The van der Waals surface area contributed by atoms with E-state index in [2.05, 4.69) is 28.2 Å². The minimum absolute atomic E-state index is 0.0162. The lowest BCUT2D eigenvalue weighted by Crippen LogP contribution is -2.42. The molecule has 0 saturated carbocycles. The van der Waals surface area contributed by atoms with Crippen LogP contribution < -0.4 is 0 Å². The van der Waals surface area contributed by atoms with Gasteiger partial charge in [0.1, 0.15) is 11.9 Å². The monoisotopic (exact) mass is 449 g/mol. The summed E-state index contributed by atoms with van der Waals surface area (Å²) in [6.45, 7) is 1.24. The number of hydrogen-bond donors (Lipinski definition) is 2. The van der Waals surface area contributed by atoms with Gasteiger partial charge in [-0.25, -0.2) is 13.9 Å². The van der Waals surface area contributed by atoms with Crippen LogP contribution in [0.5, 0.6) is 0 Å². The number of rotatable bonds is 8. The van der Waals surface area contributed by atoms with Crippen molar-refractivity contribution < 1.29 is 23.8 Å². The molecular formula is C20H24FN5O4S. The zero-order valence-corrected chi connectivity index (χ0v) is 17.9. The number of ether oxygens (including phenoxy) is 1. The van der Waals surface area contributed by atoms with E-state index >= 15 is 0 Å². The molecule has 0 amide bonds. The molecule has 1 aliphatic rings. The van der Waals surface area contributed by atoms with Crippen LogP contribution in [0.2, 0.25) is 0 Å². The van der Waals surface area contributed by atoms with Gasteiger partial charge in [0, 0.05) is 36.9 Å². The molecule has 1 aromatic heterocycles.